The van der Waals surface area contributed by atoms with Gasteiger partial charge in [0.25, 0.3) is 5.91 Å². The molecule has 1 aromatic rings. The van der Waals surface area contributed by atoms with Crippen LogP contribution < -0.4 is 14.2 Å². The number of carboxylic acid groups (broad SMARTS) is 1. The van der Waals surface area contributed by atoms with Gasteiger partial charge in [0.15, 0.2) is 11.5 Å². The monoisotopic (exact) mass is 339 g/mol. The van der Waals surface area contributed by atoms with Crippen molar-refractivity contribution in [1.82, 2.24) is 4.90 Å². The summed E-state index contributed by atoms with van der Waals surface area (Å²) < 4.78 is 21.1. The number of hydrogen-bond acceptors (Lipinski definition) is 6. The molecule has 0 saturated carbocycles. The molecule has 0 spiro atoms. The average molecular weight is 339 g/mol. The smallest absolute Gasteiger partial charge is 0.305 e. The molecule has 1 fully saturated rings. The van der Waals surface area contributed by atoms with Crippen molar-refractivity contribution in [2.45, 2.75) is 12.5 Å². The first-order valence-electron chi connectivity index (χ1n) is 7.43. The van der Waals surface area contributed by atoms with Gasteiger partial charge < -0.3 is 29.0 Å². The number of amides is 1. The fourth-order valence-corrected chi connectivity index (χ4v) is 2.72. The van der Waals surface area contributed by atoms with Gasteiger partial charge in [0.1, 0.15) is 0 Å². The van der Waals surface area contributed by atoms with Crippen molar-refractivity contribution >= 4 is 11.9 Å². The zero-order valence-corrected chi connectivity index (χ0v) is 13.9. The molecule has 8 nitrogen and oxygen atoms in total. The summed E-state index contributed by atoms with van der Waals surface area (Å²) >= 11 is 0. The number of rotatable bonds is 6. The minimum Gasteiger partial charge on any atom is -0.493 e. The lowest BCUT2D eigenvalue weighted by Crippen LogP contribution is -2.49. The van der Waals surface area contributed by atoms with E-state index in [0.717, 1.165) is 0 Å². The van der Waals surface area contributed by atoms with Gasteiger partial charge in [0.2, 0.25) is 5.75 Å². The minimum absolute atomic E-state index is 0.179. The molecule has 1 aromatic carbocycles. The minimum atomic E-state index is -0.984. The normalized spacial score (nSPS) is 17.3. The number of carbonyl (C=O) groups is 2. The number of methoxy groups -OCH3 is 3. The Morgan fingerprint density at radius 3 is 2.50 bits per heavy atom. The third-order valence-corrected chi connectivity index (χ3v) is 3.83. The quantitative estimate of drug-likeness (QED) is 0.827. The molecule has 132 valence electrons. The molecular formula is C16H21NO7. The molecule has 1 heterocycles. The molecule has 24 heavy (non-hydrogen) atoms. The number of nitrogens with zero attached hydrogens (tertiary/aromatic N) is 1. The van der Waals surface area contributed by atoms with E-state index < -0.39 is 12.0 Å². The number of carboxylic acids is 1. The Morgan fingerprint density at radius 2 is 1.92 bits per heavy atom. The van der Waals surface area contributed by atoms with Crippen LogP contribution in [0.5, 0.6) is 17.2 Å². The van der Waals surface area contributed by atoms with Gasteiger partial charge in [-0.25, -0.2) is 0 Å². The molecule has 1 amide bonds. The van der Waals surface area contributed by atoms with Gasteiger partial charge in [-0.15, -0.1) is 0 Å². The molecule has 1 atom stereocenters. The molecule has 0 aromatic heterocycles. The van der Waals surface area contributed by atoms with E-state index in [1.165, 1.54) is 26.2 Å². The molecule has 1 N–H and O–H groups in total. The van der Waals surface area contributed by atoms with E-state index in [1.54, 1.807) is 12.1 Å². The van der Waals surface area contributed by atoms with Gasteiger partial charge in [0.05, 0.1) is 52.6 Å². The van der Waals surface area contributed by atoms with Crippen molar-refractivity contribution in [3.05, 3.63) is 17.7 Å². The van der Waals surface area contributed by atoms with Gasteiger partial charge in [0, 0.05) is 6.54 Å². The van der Waals surface area contributed by atoms with Crippen molar-refractivity contribution in [3.63, 3.8) is 0 Å². The first-order chi connectivity index (χ1) is 11.5. The van der Waals surface area contributed by atoms with Crippen LogP contribution in [0.15, 0.2) is 12.1 Å². The number of aliphatic carboxylic acids is 1. The SMILES string of the molecule is COc1ccc(C(=O)N2CCOC[C@H]2CC(=O)O)c(OC)c1OC. The highest BCUT2D eigenvalue weighted by Crippen LogP contribution is 2.40. The van der Waals surface area contributed by atoms with Crippen LogP contribution in [0.4, 0.5) is 0 Å². The number of benzene rings is 1. The second-order valence-corrected chi connectivity index (χ2v) is 5.21. The summed E-state index contributed by atoms with van der Waals surface area (Å²) in [6.07, 6.45) is -0.179. The van der Waals surface area contributed by atoms with Crippen LogP contribution in [-0.2, 0) is 9.53 Å². The summed E-state index contributed by atoms with van der Waals surface area (Å²) in [6, 6.07) is 2.67. The predicted molar refractivity (Wildman–Crippen MR) is 84.0 cm³/mol. The lowest BCUT2D eigenvalue weighted by molar-refractivity contribution is -0.139. The Labute approximate surface area is 139 Å². The fourth-order valence-electron chi connectivity index (χ4n) is 2.72. The maximum Gasteiger partial charge on any atom is 0.305 e. The highest BCUT2D eigenvalue weighted by molar-refractivity contribution is 5.98. The topological polar surface area (TPSA) is 94.5 Å². The Morgan fingerprint density at radius 1 is 1.21 bits per heavy atom. The Hall–Kier alpha value is -2.48. The summed E-state index contributed by atoms with van der Waals surface area (Å²) in [5.41, 5.74) is 0.285. The Balaban J connectivity index is 2.38. The van der Waals surface area contributed by atoms with E-state index in [4.69, 9.17) is 24.1 Å². The van der Waals surface area contributed by atoms with Gasteiger partial charge in [-0.1, -0.05) is 0 Å². The van der Waals surface area contributed by atoms with E-state index >= 15 is 0 Å². The van der Waals surface area contributed by atoms with Crippen molar-refractivity contribution in [1.29, 1.82) is 0 Å². The van der Waals surface area contributed by atoms with E-state index in [0.29, 0.717) is 24.7 Å². The maximum absolute atomic E-state index is 12.9. The van der Waals surface area contributed by atoms with Crippen LogP contribution in [0, 0.1) is 0 Å². The van der Waals surface area contributed by atoms with E-state index in [9.17, 15) is 9.59 Å². The molecule has 0 unspecified atom stereocenters. The molecule has 2 rings (SSSR count). The predicted octanol–water partition coefficient (Wildman–Crippen LogP) is 1.03. The van der Waals surface area contributed by atoms with E-state index in [1.807, 2.05) is 0 Å². The van der Waals surface area contributed by atoms with Gasteiger partial charge >= 0.3 is 5.97 Å². The lowest BCUT2D eigenvalue weighted by atomic mass is 10.1. The number of ether oxygens (including phenoxy) is 4. The van der Waals surface area contributed by atoms with Crippen LogP contribution in [0.3, 0.4) is 0 Å². The summed E-state index contributed by atoms with van der Waals surface area (Å²) in [7, 11) is 4.38. The maximum atomic E-state index is 12.9. The summed E-state index contributed by atoms with van der Waals surface area (Å²) in [4.78, 5) is 25.5. The second-order valence-electron chi connectivity index (χ2n) is 5.21. The third kappa shape index (κ3) is 3.53. The van der Waals surface area contributed by atoms with E-state index in [-0.39, 0.29) is 30.2 Å². The molecule has 0 radical (unpaired) electrons. The Kier molecular flexibility index (Phi) is 5.86. The average Bonchev–Trinajstić information content (AvgIpc) is 2.59. The zero-order chi connectivity index (χ0) is 17.7. The van der Waals surface area contributed by atoms with E-state index in [2.05, 4.69) is 0 Å². The largest absolute Gasteiger partial charge is 0.493 e. The van der Waals surface area contributed by atoms with Crippen LogP contribution in [-0.4, -0.2) is 69.0 Å². The lowest BCUT2D eigenvalue weighted by Gasteiger charge is -2.35. The van der Waals surface area contributed by atoms with Crippen molar-refractivity contribution in [3.8, 4) is 17.2 Å². The standard InChI is InChI=1S/C16H21NO7/c1-21-12-5-4-11(14(22-2)15(12)23-3)16(20)17-6-7-24-9-10(17)8-13(18)19/h4-5,10H,6-9H2,1-3H3,(H,18,19)/t10-/m1/s1. The summed E-state index contributed by atoms with van der Waals surface area (Å²) in [6.45, 7) is 0.861. The third-order valence-electron chi connectivity index (χ3n) is 3.83. The van der Waals surface area contributed by atoms with Crippen LogP contribution in [0.25, 0.3) is 0 Å². The number of carbonyl (C=O) groups excluding carboxylic acids is 1. The first-order valence-corrected chi connectivity index (χ1v) is 7.43. The van der Waals surface area contributed by atoms with Crippen molar-refractivity contribution in [2.75, 3.05) is 41.1 Å². The molecule has 0 bridgehead atoms. The van der Waals surface area contributed by atoms with Crippen molar-refractivity contribution < 1.29 is 33.6 Å². The molecular weight excluding hydrogens is 318 g/mol. The fraction of sp³-hybridized carbons (Fsp3) is 0.500. The second kappa shape index (κ2) is 7.87. The highest BCUT2D eigenvalue weighted by atomic mass is 16.5. The molecule has 1 saturated heterocycles. The molecule has 8 heteroatoms. The first kappa shape index (κ1) is 17.9. The zero-order valence-electron chi connectivity index (χ0n) is 13.9. The highest BCUT2D eigenvalue weighted by Gasteiger charge is 2.32. The van der Waals surface area contributed by atoms with Crippen molar-refractivity contribution in [2.24, 2.45) is 0 Å². The van der Waals surface area contributed by atoms with Crippen LogP contribution in [0.1, 0.15) is 16.8 Å². The van der Waals surface area contributed by atoms with Gasteiger partial charge in [-0.2, -0.15) is 0 Å². The molecule has 1 aliphatic heterocycles. The number of morpholine rings is 1. The summed E-state index contributed by atoms with van der Waals surface area (Å²) in [5, 5.41) is 9.03. The van der Waals surface area contributed by atoms with Gasteiger partial charge in [-0.05, 0) is 12.1 Å². The van der Waals surface area contributed by atoms with Gasteiger partial charge in [-0.3, -0.25) is 9.59 Å². The Bertz CT molecular complexity index is 617. The van der Waals surface area contributed by atoms with Crippen LogP contribution >= 0.6 is 0 Å². The molecule has 1 aliphatic rings. The summed E-state index contributed by atoms with van der Waals surface area (Å²) in [5.74, 6) is -0.309. The molecule has 0 aliphatic carbocycles. The number of hydrogen-bond donors (Lipinski definition) is 1. The van der Waals surface area contributed by atoms with Crippen LogP contribution in [0.2, 0.25) is 0 Å².